The Morgan fingerprint density at radius 2 is 1.77 bits per heavy atom. The lowest BCUT2D eigenvalue weighted by molar-refractivity contribution is -0.136. The third kappa shape index (κ3) is 7.39. The third-order valence-corrected chi connectivity index (χ3v) is 10.7. The molecule has 0 atom stereocenters. The van der Waals surface area contributed by atoms with Gasteiger partial charge in [0.15, 0.2) is 0 Å². The van der Waals surface area contributed by atoms with Crippen molar-refractivity contribution in [1.29, 1.82) is 0 Å². The van der Waals surface area contributed by atoms with Gasteiger partial charge in [0, 0.05) is 29.2 Å². The molecule has 4 aromatic rings. The van der Waals surface area contributed by atoms with Crippen LogP contribution >= 0.6 is 22.9 Å². The highest BCUT2D eigenvalue weighted by Crippen LogP contribution is 2.37. The second kappa shape index (κ2) is 13.0. The van der Waals surface area contributed by atoms with Gasteiger partial charge in [-0.25, -0.2) is 8.42 Å². The van der Waals surface area contributed by atoms with Gasteiger partial charge in [-0.3, -0.25) is 4.79 Å². The van der Waals surface area contributed by atoms with Crippen LogP contribution < -0.4 is 4.74 Å². The van der Waals surface area contributed by atoms with E-state index in [2.05, 4.69) is 0 Å². The number of aryl methyl sites for hydroxylation is 4. The summed E-state index contributed by atoms with van der Waals surface area (Å²) >= 11 is 7.45. The van der Waals surface area contributed by atoms with E-state index in [1.807, 2.05) is 68.4 Å². The molecule has 0 fully saturated rings. The van der Waals surface area contributed by atoms with Crippen molar-refractivity contribution in [2.24, 2.45) is 0 Å². The zero-order valence-corrected chi connectivity index (χ0v) is 24.4. The molecule has 206 valence electrons. The van der Waals surface area contributed by atoms with Gasteiger partial charge in [0.2, 0.25) is 0 Å². The van der Waals surface area contributed by atoms with Crippen LogP contribution in [0.3, 0.4) is 0 Å². The van der Waals surface area contributed by atoms with Crippen LogP contribution in [0.5, 0.6) is 5.75 Å². The quantitative estimate of drug-likeness (QED) is 0.185. The molecule has 0 radical (unpaired) electrons. The fraction of sp³-hybridized carbons (Fsp3) is 0.300. The SMILES string of the molecule is Cc1cc(OCCN(CCCc2ccccc2)S(=O)(=O)c2sc3ccc(Cl)cc3c2C)ccc1CCC(=O)O. The Kier molecular flexibility index (Phi) is 9.67. The molecule has 0 aliphatic carbocycles. The molecule has 9 heteroatoms. The topological polar surface area (TPSA) is 83.9 Å². The number of aliphatic carboxylic acids is 1. The molecule has 0 bridgehead atoms. The summed E-state index contributed by atoms with van der Waals surface area (Å²) < 4.78 is 36.5. The summed E-state index contributed by atoms with van der Waals surface area (Å²) in [5, 5.41) is 10.4. The number of benzene rings is 3. The van der Waals surface area contributed by atoms with Gasteiger partial charge in [-0.05, 0) is 91.1 Å². The van der Waals surface area contributed by atoms with Crippen LogP contribution in [0.15, 0.2) is 70.9 Å². The molecular formula is C30H32ClNO5S2. The Labute approximate surface area is 238 Å². The van der Waals surface area contributed by atoms with E-state index in [4.69, 9.17) is 21.4 Å². The second-order valence-electron chi connectivity index (χ2n) is 9.48. The number of halogens is 1. The molecular weight excluding hydrogens is 554 g/mol. The van der Waals surface area contributed by atoms with E-state index in [0.29, 0.717) is 39.9 Å². The van der Waals surface area contributed by atoms with E-state index in [9.17, 15) is 13.2 Å². The van der Waals surface area contributed by atoms with E-state index in [-0.39, 0.29) is 19.6 Å². The van der Waals surface area contributed by atoms with Crippen LogP contribution in [0.1, 0.15) is 35.1 Å². The number of carboxylic acids is 1. The van der Waals surface area contributed by atoms with Gasteiger partial charge in [0.25, 0.3) is 10.0 Å². The molecule has 0 saturated carbocycles. The highest BCUT2D eigenvalue weighted by molar-refractivity contribution is 7.91. The smallest absolute Gasteiger partial charge is 0.303 e. The lowest BCUT2D eigenvalue weighted by Gasteiger charge is -2.22. The largest absolute Gasteiger partial charge is 0.492 e. The summed E-state index contributed by atoms with van der Waals surface area (Å²) in [6, 6.07) is 21.0. The monoisotopic (exact) mass is 585 g/mol. The summed E-state index contributed by atoms with van der Waals surface area (Å²) in [6.45, 7) is 4.50. The minimum atomic E-state index is -3.77. The normalized spacial score (nSPS) is 11.8. The van der Waals surface area contributed by atoms with Crippen molar-refractivity contribution < 1.29 is 23.1 Å². The Hall–Kier alpha value is -2.91. The molecule has 1 aromatic heterocycles. The Morgan fingerprint density at radius 3 is 2.49 bits per heavy atom. The van der Waals surface area contributed by atoms with Gasteiger partial charge in [-0.1, -0.05) is 48.0 Å². The average molecular weight is 586 g/mol. The number of sulfonamides is 1. The molecule has 0 aliphatic rings. The summed E-state index contributed by atoms with van der Waals surface area (Å²) in [4.78, 5) is 10.9. The number of fused-ring (bicyclic) bond motifs is 1. The van der Waals surface area contributed by atoms with Crippen LogP contribution in [0.2, 0.25) is 5.02 Å². The number of hydrogen-bond acceptors (Lipinski definition) is 5. The standard InChI is InChI=1S/C30H32ClNO5S2/c1-21-19-26(13-10-24(21)11-15-29(33)34)37-18-17-32(16-6-9-23-7-4-3-5-8-23)39(35,36)30-22(2)27-20-25(31)12-14-28(27)38-30/h3-5,7-8,10,12-14,19-20H,6,9,11,15-18H2,1-2H3,(H,33,34). The Morgan fingerprint density at radius 1 is 1.00 bits per heavy atom. The van der Waals surface area contributed by atoms with Crippen LogP contribution in [-0.2, 0) is 27.7 Å². The minimum Gasteiger partial charge on any atom is -0.492 e. The number of nitrogens with zero attached hydrogens (tertiary/aromatic N) is 1. The van der Waals surface area contributed by atoms with Crippen LogP contribution in [0.4, 0.5) is 0 Å². The predicted molar refractivity (Wildman–Crippen MR) is 158 cm³/mol. The fourth-order valence-corrected chi connectivity index (χ4v) is 8.05. The lowest BCUT2D eigenvalue weighted by Crippen LogP contribution is -2.35. The second-order valence-corrected chi connectivity index (χ2v) is 13.1. The number of thiophene rings is 1. The van der Waals surface area contributed by atoms with Crippen molar-refractivity contribution in [2.75, 3.05) is 19.7 Å². The van der Waals surface area contributed by atoms with Crippen molar-refractivity contribution in [3.8, 4) is 5.75 Å². The van der Waals surface area contributed by atoms with E-state index < -0.39 is 16.0 Å². The summed E-state index contributed by atoms with van der Waals surface area (Å²) in [7, 11) is -3.77. The maximum absolute atomic E-state index is 13.9. The molecule has 0 saturated heterocycles. The fourth-order valence-electron chi connectivity index (χ4n) is 4.54. The van der Waals surface area contributed by atoms with E-state index >= 15 is 0 Å². The van der Waals surface area contributed by atoms with Gasteiger partial charge >= 0.3 is 5.97 Å². The van der Waals surface area contributed by atoms with Gasteiger partial charge in [0.1, 0.15) is 16.6 Å². The van der Waals surface area contributed by atoms with Crippen molar-refractivity contribution in [3.63, 3.8) is 0 Å². The summed E-state index contributed by atoms with van der Waals surface area (Å²) in [5.74, 6) is -0.207. The number of rotatable bonds is 13. The van der Waals surface area contributed by atoms with E-state index in [1.165, 1.54) is 15.6 Å². The molecule has 1 heterocycles. The molecule has 4 rings (SSSR count). The molecule has 3 aromatic carbocycles. The third-order valence-electron chi connectivity index (χ3n) is 6.68. The zero-order valence-electron chi connectivity index (χ0n) is 22.0. The lowest BCUT2D eigenvalue weighted by atomic mass is 10.0. The van der Waals surface area contributed by atoms with E-state index in [0.717, 1.165) is 33.2 Å². The number of carboxylic acid groups (broad SMARTS) is 1. The first-order valence-corrected chi connectivity index (χ1v) is 15.5. The van der Waals surface area contributed by atoms with Crippen molar-refractivity contribution in [3.05, 3.63) is 94.0 Å². The van der Waals surface area contributed by atoms with Gasteiger partial charge in [-0.15, -0.1) is 11.3 Å². The highest BCUT2D eigenvalue weighted by atomic mass is 35.5. The van der Waals surface area contributed by atoms with Gasteiger partial charge in [-0.2, -0.15) is 4.31 Å². The number of carbonyl (C=O) groups is 1. The molecule has 1 N–H and O–H groups in total. The molecule has 0 amide bonds. The molecule has 0 aliphatic heterocycles. The first-order valence-electron chi connectivity index (χ1n) is 12.8. The Balaban J connectivity index is 1.50. The summed E-state index contributed by atoms with van der Waals surface area (Å²) in [5.41, 5.74) is 3.77. The maximum atomic E-state index is 13.9. The van der Waals surface area contributed by atoms with Crippen LogP contribution in [0.25, 0.3) is 10.1 Å². The molecule has 39 heavy (non-hydrogen) atoms. The molecule has 0 unspecified atom stereocenters. The van der Waals surface area contributed by atoms with Crippen LogP contribution in [-0.4, -0.2) is 43.5 Å². The first-order chi connectivity index (χ1) is 18.6. The van der Waals surface area contributed by atoms with E-state index in [1.54, 1.807) is 12.1 Å². The predicted octanol–water partition coefficient (Wildman–Crippen LogP) is 6.89. The Bertz CT molecular complexity index is 1550. The number of hydrogen-bond donors (Lipinski definition) is 1. The van der Waals surface area contributed by atoms with Gasteiger partial charge in [0.05, 0.1) is 0 Å². The molecule has 0 spiro atoms. The number of ether oxygens (including phenoxy) is 1. The van der Waals surface area contributed by atoms with Crippen molar-refractivity contribution in [2.45, 2.75) is 43.7 Å². The minimum absolute atomic E-state index is 0.0696. The van der Waals surface area contributed by atoms with Gasteiger partial charge < -0.3 is 9.84 Å². The maximum Gasteiger partial charge on any atom is 0.303 e. The van der Waals surface area contributed by atoms with Crippen molar-refractivity contribution in [1.82, 2.24) is 4.31 Å². The van der Waals surface area contributed by atoms with Crippen molar-refractivity contribution >= 4 is 49.0 Å². The summed E-state index contributed by atoms with van der Waals surface area (Å²) in [6.07, 6.45) is 1.97. The van der Waals surface area contributed by atoms with Crippen LogP contribution in [0, 0.1) is 13.8 Å². The zero-order chi connectivity index (χ0) is 28.0. The first kappa shape index (κ1) is 29.1. The average Bonchev–Trinajstić information content (AvgIpc) is 3.24. The molecule has 6 nitrogen and oxygen atoms in total. The highest BCUT2D eigenvalue weighted by Gasteiger charge is 2.29.